The van der Waals surface area contributed by atoms with Gasteiger partial charge in [-0.05, 0) is 62.2 Å². The van der Waals surface area contributed by atoms with Gasteiger partial charge in [-0.2, -0.15) is 13.2 Å². The van der Waals surface area contributed by atoms with E-state index >= 15 is 0 Å². The first kappa shape index (κ1) is 23.7. The molecule has 1 aliphatic rings. The van der Waals surface area contributed by atoms with E-state index in [9.17, 15) is 18.0 Å². The number of benzene rings is 1. The number of halogens is 3. The standard InChI is InChI=1S/C25H25F3N4O2/c1-2-16-11-17(3-4-22(16)24(33)32-19-5-8-29-9-6-19)23-13-20(7-10-31-23)34-21-12-18(14-30-15-21)25(26,27)28/h3-4,7,10-15,19,29H,2,5-6,8-9H2,1H3,(H,32,33). The van der Waals surface area contributed by atoms with Crippen molar-refractivity contribution in [1.29, 1.82) is 0 Å². The van der Waals surface area contributed by atoms with Gasteiger partial charge in [0, 0.05) is 35.6 Å². The van der Waals surface area contributed by atoms with Gasteiger partial charge in [-0.3, -0.25) is 14.8 Å². The molecule has 0 saturated carbocycles. The molecule has 9 heteroatoms. The van der Waals surface area contributed by atoms with Crippen molar-refractivity contribution >= 4 is 5.91 Å². The molecule has 4 rings (SSSR count). The van der Waals surface area contributed by atoms with E-state index in [1.807, 2.05) is 19.1 Å². The Balaban J connectivity index is 1.53. The van der Waals surface area contributed by atoms with Crippen molar-refractivity contribution in [2.45, 2.75) is 38.4 Å². The summed E-state index contributed by atoms with van der Waals surface area (Å²) in [6.45, 7) is 3.77. The Morgan fingerprint density at radius 2 is 1.91 bits per heavy atom. The number of nitrogens with one attached hydrogen (secondary N) is 2. The molecule has 1 aliphatic heterocycles. The highest BCUT2D eigenvalue weighted by Crippen LogP contribution is 2.32. The first-order valence-electron chi connectivity index (χ1n) is 11.1. The monoisotopic (exact) mass is 470 g/mol. The van der Waals surface area contributed by atoms with Gasteiger partial charge in [0.25, 0.3) is 5.91 Å². The molecule has 6 nitrogen and oxygen atoms in total. The van der Waals surface area contributed by atoms with Crippen LogP contribution < -0.4 is 15.4 Å². The number of ether oxygens (including phenoxy) is 1. The second-order valence-corrected chi connectivity index (χ2v) is 8.11. The minimum absolute atomic E-state index is 0.0221. The molecule has 178 valence electrons. The van der Waals surface area contributed by atoms with Gasteiger partial charge >= 0.3 is 6.18 Å². The maximum absolute atomic E-state index is 12.9. The third-order valence-electron chi connectivity index (χ3n) is 5.71. The Labute approximate surface area is 195 Å². The highest BCUT2D eigenvalue weighted by molar-refractivity contribution is 5.96. The molecule has 1 aromatic carbocycles. The minimum Gasteiger partial charge on any atom is -0.456 e. The van der Waals surface area contributed by atoms with Crippen molar-refractivity contribution in [2.75, 3.05) is 13.1 Å². The number of pyridine rings is 2. The normalized spacial score (nSPS) is 14.6. The summed E-state index contributed by atoms with van der Waals surface area (Å²) in [5.74, 6) is 0.223. The third-order valence-corrected chi connectivity index (χ3v) is 5.71. The van der Waals surface area contributed by atoms with Crippen molar-refractivity contribution < 1.29 is 22.7 Å². The van der Waals surface area contributed by atoms with Crippen LogP contribution in [0.1, 0.15) is 41.3 Å². The van der Waals surface area contributed by atoms with Gasteiger partial charge in [-0.15, -0.1) is 0 Å². The largest absolute Gasteiger partial charge is 0.456 e. The van der Waals surface area contributed by atoms with Crippen LogP contribution in [0.4, 0.5) is 13.2 Å². The van der Waals surface area contributed by atoms with E-state index in [1.165, 1.54) is 12.4 Å². The van der Waals surface area contributed by atoms with E-state index in [4.69, 9.17) is 4.74 Å². The first-order chi connectivity index (χ1) is 16.3. The molecule has 34 heavy (non-hydrogen) atoms. The zero-order valence-corrected chi connectivity index (χ0v) is 18.7. The fourth-order valence-electron chi connectivity index (χ4n) is 3.89. The molecule has 2 aromatic heterocycles. The molecule has 1 saturated heterocycles. The molecule has 0 aliphatic carbocycles. The van der Waals surface area contributed by atoms with Gasteiger partial charge in [0.2, 0.25) is 0 Å². The van der Waals surface area contributed by atoms with E-state index in [0.29, 0.717) is 23.4 Å². The quantitative estimate of drug-likeness (QED) is 0.530. The topological polar surface area (TPSA) is 76.1 Å². The van der Waals surface area contributed by atoms with Crippen LogP contribution in [0.5, 0.6) is 11.5 Å². The van der Waals surface area contributed by atoms with E-state index < -0.39 is 11.7 Å². The van der Waals surface area contributed by atoms with Gasteiger partial charge in [-0.1, -0.05) is 13.0 Å². The molecule has 0 bridgehead atoms. The number of aromatic nitrogens is 2. The Kier molecular flexibility index (Phi) is 7.12. The van der Waals surface area contributed by atoms with E-state index in [1.54, 1.807) is 18.2 Å². The van der Waals surface area contributed by atoms with Crippen LogP contribution in [0.15, 0.2) is 55.0 Å². The van der Waals surface area contributed by atoms with Crippen molar-refractivity contribution in [3.05, 3.63) is 71.7 Å². The fourth-order valence-corrected chi connectivity index (χ4v) is 3.89. The zero-order valence-electron chi connectivity index (χ0n) is 18.7. The number of aryl methyl sites for hydroxylation is 1. The Morgan fingerprint density at radius 1 is 1.12 bits per heavy atom. The number of rotatable bonds is 6. The van der Waals surface area contributed by atoms with E-state index in [-0.39, 0.29) is 17.7 Å². The number of hydrogen-bond acceptors (Lipinski definition) is 5. The van der Waals surface area contributed by atoms with Crippen LogP contribution in [-0.2, 0) is 12.6 Å². The lowest BCUT2D eigenvalue weighted by Crippen LogP contribution is -2.42. The molecule has 0 spiro atoms. The Hall–Kier alpha value is -3.46. The smallest absolute Gasteiger partial charge is 0.418 e. The minimum atomic E-state index is -4.51. The van der Waals surface area contributed by atoms with Gasteiger partial charge < -0.3 is 15.4 Å². The number of carbonyl (C=O) groups excluding carboxylic acids is 1. The third kappa shape index (κ3) is 5.72. The van der Waals surface area contributed by atoms with Crippen molar-refractivity contribution in [2.24, 2.45) is 0 Å². The first-order valence-corrected chi connectivity index (χ1v) is 11.1. The summed E-state index contributed by atoms with van der Waals surface area (Å²) < 4.78 is 44.5. The number of nitrogens with zero attached hydrogens (tertiary/aromatic N) is 2. The summed E-state index contributed by atoms with van der Waals surface area (Å²) in [5.41, 5.74) is 2.00. The molecular weight excluding hydrogens is 445 g/mol. The van der Waals surface area contributed by atoms with Gasteiger partial charge in [0.1, 0.15) is 11.5 Å². The molecule has 0 radical (unpaired) electrons. The highest BCUT2D eigenvalue weighted by atomic mass is 19.4. The molecule has 1 fully saturated rings. The predicted molar refractivity (Wildman–Crippen MR) is 122 cm³/mol. The van der Waals surface area contributed by atoms with Crippen molar-refractivity contribution in [3.63, 3.8) is 0 Å². The van der Waals surface area contributed by atoms with Gasteiger partial charge in [0.05, 0.1) is 17.5 Å². The predicted octanol–water partition coefficient (Wildman–Crippen LogP) is 5.00. The number of piperidine rings is 1. The number of alkyl halides is 3. The molecule has 0 unspecified atom stereocenters. The van der Waals surface area contributed by atoms with Crippen molar-refractivity contribution in [3.8, 4) is 22.8 Å². The summed E-state index contributed by atoms with van der Waals surface area (Å²) in [4.78, 5) is 20.8. The van der Waals surface area contributed by atoms with Crippen LogP contribution in [0.25, 0.3) is 11.3 Å². The second kappa shape index (κ2) is 10.2. The number of hydrogen-bond donors (Lipinski definition) is 2. The van der Waals surface area contributed by atoms with Crippen LogP contribution >= 0.6 is 0 Å². The molecular formula is C25H25F3N4O2. The average Bonchev–Trinajstić information content (AvgIpc) is 2.84. The summed E-state index contributed by atoms with van der Waals surface area (Å²) in [7, 11) is 0. The lowest BCUT2D eigenvalue weighted by molar-refractivity contribution is -0.137. The van der Waals surface area contributed by atoms with Gasteiger partial charge in [-0.25, -0.2) is 0 Å². The van der Waals surface area contributed by atoms with Crippen molar-refractivity contribution in [1.82, 2.24) is 20.6 Å². The van der Waals surface area contributed by atoms with Crippen LogP contribution in [-0.4, -0.2) is 35.0 Å². The van der Waals surface area contributed by atoms with Crippen LogP contribution in [0.3, 0.4) is 0 Å². The summed E-state index contributed by atoms with van der Waals surface area (Å²) in [5, 5.41) is 6.40. The Morgan fingerprint density at radius 3 is 2.65 bits per heavy atom. The van der Waals surface area contributed by atoms with Crippen LogP contribution in [0, 0.1) is 0 Å². The fraction of sp³-hybridized carbons (Fsp3) is 0.320. The summed E-state index contributed by atoms with van der Waals surface area (Å²) in [6, 6.07) is 9.78. The number of carbonyl (C=O) groups is 1. The summed E-state index contributed by atoms with van der Waals surface area (Å²) >= 11 is 0. The second-order valence-electron chi connectivity index (χ2n) is 8.11. The summed E-state index contributed by atoms with van der Waals surface area (Å²) in [6.07, 6.45) is 1.46. The number of amides is 1. The zero-order chi connectivity index (χ0) is 24.1. The Bertz CT molecular complexity index is 1160. The molecule has 3 aromatic rings. The SMILES string of the molecule is CCc1cc(-c2cc(Oc3cncc(C(F)(F)F)c3)ccn2)ccc1C(=O)NC1CCNCC1. The lowest BCUT2D eigenvalue weighted by atomic mass is 9.98. The average molecular weight is 470 g/mol. The van der Waals surface area contributed by atoms with Gasteiger partial charge in [0.15, 0.2) is 0 Å². The van der Waals surface area contributed by atoms with E-state index in [2.05, 4.69) is 20.6 Å². The molecule has 3 heterocycles. The van der Waals surface area contributed by atoms with Crippen LogP contribution in [0.2, 0.25) is 0 Å². The lowest BCUT2D eigenvalue weighted by Gasteiger charge is -2.24. The highest BCUT2D eigenvalue weighted by Gasteiger charge is 2.31. The van der Waals surface area contributed by atoms with E-state index in [0.717, 1.165) is 49.3 Å². The molecule has 2 N–H and O–H groups in total. The maximum atomic E-state index is 12.9. The molecule has 1 amide bonds. The molecule has 0 atom stereocenters. The maximum Gasteiger partial charge on any atom is 0.418 e.